The molecule has 1 aromatic carbocycles. The Morgan fingerprint density at radius 1 is 1.41 bits per heavy atom. The minimum Gasteiger partial charge on any atom is -0.355 e. The van der Waals surface area contributed by atoms with E-state index in [0.29, 0.717) is 13.1 Å². The van der Waals surface area contributed by atoms with Crippen LogP contribution in [0.2, 0.25) is 5.02 Å². The van der Waals surface area contributed by atoms with Gasteiger partial charge < -0.3 is 5.32 Å². The zero-order chi connectivity index (χ0) is 15.6. The van der Waals surface area contributed by atoms with E-state index in [1.54, 1.807) is 10.9 Å². The Kier molecular flexibility index (Phi) is 4.21. The summed E-state index contributed by atoms with van der Waals surface area (Å²) < 4.78 is 1.79. The van der Waals surface area contributed by atoms with Crippen LogP contribution in [0.1, 0.15) is 25.3 Å². The molecule has 1 saturated carbocycles. The molecule has 1 heterocycles. The van der Waals surface area contributed by atoms with Gasteiger partial charge in [0.1, 0.15) is 0 Å². The Bertz CT molecular complexity index is 632. The van der Waals surface area contributed by atoms with Crippen molar-refractivity contribution in [1.29, 1.82) is 0 Å². The molecule has 4 nitrogen and oxygen atoms in total. The monoisotopic (exact) mass is 317 g/mol. The van der Waals surface area contributed by atoms with E-state index in [4.69, 9.17) is 11.6 Å². The first-order chi connectivity index (χ1) is 10.6. The third-order valence-electron chi connectivity index (χ3n) is 4.38. The number of nitrogens with zero attached hydrogens (tertiary/aromatic N) is 2. The van der Waals surface area contributed by atoms with Crippen molar-refractivity contribution in [3.8, 4) is 0 Å². The van der Waals surface area contributed by atoms with Crippen molar-refractivity contribution in [1.82, 2.24) is 15.1 Å². The van der Waals surface area contributed by atoms with Crippen LogP contribution in [0.25, 0.3) is 0 Å². The normalized spacial score (nSPS) is 17.0. The van der Waals surface area contributed by atoms with Gasteiger partial charge in [-0.25, -0.2) is 0 Å². The molecule has 1 atom stereocenters. The minimum atomic E-state index is -0.0964. The Morgan fingerprint density at radius 3 is 2.73 bits per heavy atom. The van der Waals surface area contributed by atoms with Crippen LogP contribution in [-0.4, -0.2) is 22.2 Å². The lowest BCUT2D eigenvalue weighted by Crippen LogP contribution is -2.37. The van der Waals surface area contributed by atoms with E-state index in [9.17, 15) is 4.79 Å². The first-order valence-electron chi connectivity index (χ1n) is 7.60. The van der Waals surface area contributed by atoms with Crippen molar-refractivity contribution >= 4 is 17.5 Å². The maximum atomic E-state index is 12.3. The lowest BCUT2D eigenvalue weighted by molar-refractivity contribution is -0.125. The van der Waals surface area contributed by atoms with E-state index < -0.39 is 0 Å². The summed E-state index contributed by atoms with van der Waals surface area (Å²) in [6.07, 6.45) is 5.83. The number of carbonyl (C=O) groups excluding carboxylic acids is 1. The Hall–Kier alpha value is -1.81. The number of hydrogen-bond donors (Lipinski definition) is 1. The van der Waals surface area contributed by atoms with Crippen LogP contribution in [0.5, 0.6) is 0 Å². The quantitative estimate of drug-likeness (QED) is 0.890. The molecular weight excluding hydrogens is 298 g/mol. The summed E-state index contributed by atoms with van der Waals surface area (Å²) in [5.41, 5.74) is 1.36. The minimum absolute atomic E-state index is 0.0794. The largest absolute Gasteiger partial charge is 0.355 e. The third kappa shape index (κ3) is 3.33. The number of halogens is 1. The average molecular weight is 318 g/mol. The molecule has 1 N–H and O–H groups in total. The fourth-order valence-corrected chi connectivity index (χ4v) is 2.85. The van der Waals surface area contributed by atoms with Crippen LogP contribution in [-0.2, 0) is 16.8 Å². The lowest BCUT2D eigenvalue weighted by Gasteiger charge is -2.19. The molecule has 0 radical (unpaired) electrons. The van der Waals surface area contributed by atoms with Gasteiger partial charge in [-0.05, 0) is 36.6 Å². The zero-order valence-electron chi connectivity index (χ0n) is 12.6. The molecule has 1 unspecified atom stereocenters. The fraction of sp³-hybridized carbons (Fsp3) is 0.412. The predicted octanol–water partition coefficient (Wildman–Crippen LogP) is 3.02. The second kappa shape index (κ2) is 6.13. The van der Waals surface area contributed by atoms with Crippen LogP contribution in [0, 0.1) is 5.92 Å². The summed E-state index contributed by atoms with van der Waals surface area (Å²) >= 11 is 5.94. The summed E-state index contributed by atoms with van der Waals surface area (Å²) in [6.45, 7) is 3.22. The highest BCUT2D eigenvalue weighted by molar-refractivity contribution is 6.30. The van der Waals surface area contributed by atoms with Crippen molar-refractivity contribution in [2.45, 2.75) is 31.7 Å². The highest BCUT2D eigenvalue weighted by Gasteiger charge is 2.44. The molecule has 22 heavy (non-hydrogen) atoms. The second-order valence-electron chi connectivity index (χ2n) is 6.13. The molecule has 0 bridgehead atoms. The third-order valence-corrected chi connectivity index (χ3v) is 4.63. The van der Waals surface area contributed by atoms with Gasteiger partial charge in [0, 0.05) is 29.4 Å². The molecule has 0 spiro atoms. The Balaban J connectivity index is 1.55. The van der Waals surface area contributed by atoms with Crippen LogP contribution in [0.4, 0.5) is 0 Å². The molecule has 0 saturated heterocycles. The SMILES string of the molecule is CC(Cn1cccn1)C(=O)NCC1(c2ccc(Cl)cc2)CC1. The standard InChI is InChI=1S/C17H20ClN3O/c1-13(11-21-10-2-9-20-21)16(22)19-12-17(7-8-17)14-3-5-15(18)6-4-14/h2-6,9-10,13H,7-8,11-12H2,1H3,(H,19,22). The molecule has 1 fully saturated rings. The van der Waals surface area contributed by atoms with E-state index in [0.717, 1.165) is 17.9 Å². The van der Waals surface area contributed by atoms with E-state index in [1.807, 2.05) is 31.3 Å². The second-order valence-corrected chi connectivity index (χ2v) is 6.57. The van der Waals surface area contributed by atoms with Crippen LogP contribution < -0.4 is 5.32 Å². The first-order valence-corrected chi connectivity index (χ1v) is 7.98. The highest BCUT2D eigenvalue weighted by Crippen LogP contribution is 2.47. The maximum absolute atomic E-state index is 12.3. The highest BCUT2D eigenvalue weighted by atomic mass is 35.5. The molecule has 1 aromatic heterocycles. The number of hydrogen-bond acceptors (Lipinski definition) is 2. The molecule has 1 aliphatic rings. The van der Waals surface area contributed by atoms with Gasteiger partial charge >= 0.3 is 0 Å². The van der Waals surface area contributed by atoms with Crippen LogP contribution >= 0.6 is 11.6 Å². The number of amides is 1. The maximum Gasteiger partial charge on any atom is 0.224 e. The summed E-state index contributed by atoms with van der Waals surface area (Å²) in [7, 11) is 0. The number of benzene rings is 1. The number of rotatable bonds is 6. The van der Waals surface area contributed by atoms with Crippen molar-refractivity contribution in [3.05, 3.63) is 53.3 Å². The molecule has 116 valence electrons. The predicted molar refractivity (Wildman–Crippen MR) is 86.8 cm³/mol. The summed E-state index contributed by atoms with van der Waals surface area (Å²) in [5.74, 6) is -0.0170. The molecular formula is C17H20ClN3O. The van der Waals surface area contributed by atoms with Gasteiger partial charge in [0.05, 0.1) is 12.5 Å². The van der Waals surface area contributed by atoms with Crippen LogP contribution in [0.15, 0.2) is 42.7 Å². The van der Waals surface area contributed by atoms with Gasteiger partial charge in [-0.1, -0.05) is 30.7 Å². The van der Waals surface area contributed by atoms with Crippen molar-refractivity contribution in [2.75, 3.05) is 6.54 Å². The van der Waals surface area contributed by atoms with E-state index in [2.05, 4.69) is 22.5 Å². The summed E-state index contributed by atoms with van der Waals surface area (Å²) in [4.78, 5) is 12.3. The van der Waals surface area contributed by atoms with Crippen molar-refractivity contribution in [3.63, 3.8) is 0 Å². The van der Waals surface area contributed by atoms with E-state index >= 15 is 0 Å². The lowest BCUT2D eigenvalue weighted by atomic mass is 9.96. The first kappa shape index (κ1) is 15.1. The fourth-order valence-electron chi connectivity index (χ4n) is 2.72. The molecule has 1 amide bonds. The van der Waals surface area contributed by atoms with Crippen molar-refractivity contribution in [2.24, 2.45) is 5.92 Å². The molecule has 0 aliphatic heterocycles. The Morgan fingerprint density at radius 2 is 2.14 bits per heavy atom. The van der Waals surface area contributed by atoms with Crippen molar-refractivity contribution < 1.29 is 4.79 Å². The molecule has 2 aromatic rings. The van der Waals surface area contributed by atoms with Gasteiger partial charge in [0.2, 0.25) is 5.91 Å². The van der Waals surface area contributed by atoms with Crippen LogP contribution in [0.3, 0.4) is 0 Å². The average Bonchev–Trinajstić information content (AvgIpc) is 3.14. The smallest absolute Gasteiger partial charge is 0.224 e. The molecule has 5 heteroatoms. The van der Waals surface area contributed by atoms with Gasteiger partial charge in [0.15, 0.2) is 0 Å². The van der Waals surface area contributed by atoms with Gasteiger partial charge in [-0.3, -0.25) is 9.48 Å². The zero-order valence-corrected chi connectivity index (χ0v) is 13.4. The van der Waals surface area contributed by atoms with Gasteiger partial charge in [-0.15, -0.1) is 0 Å². The van der Waals surface area contributed by atoms with E-state index in [-0.39, 0.29) is 17.2 Å². The van der Waals surface area contributed by atoms with Gasteiger partial charge in [-0.2, -0.15) is 5.10 Å². The Labute approximate surface area is 135 Å². The topological polar surface area (TPSA) is 46.9 Å². The van der Waals surface area contributed by atoms with Gasteiger partial charge in [0.25, 0.3) is 0 Å². The summed E-state index contributed by atoms with van der Waals surface area (Å²) in [5, 5.41) is 7.98. The molecule has 3 rings (SSSR count). The number of carbonyl (C=O) groups is 1. The molecule has 1 aliphatic carbocycles. The van der Waals surface area contributed by atoms with E-state index in [1.165, 1.54) is 5.56 Å². The number of nitrogens with one attached hydrogen (secondary N) is 1. The number of aromatic nitrogens is 2. The summed E-state index contributed by atoms with van der Waals surface area (Å²) in [6, 6.07) is 9.83.